The highest BCUT2D eigenvalue weighted by molar-refractivity contribution is 5.55. The molecule has 2 fully saturated rings. The molecule has 2 aromatic carbocycles. The van der Waals surface area contributed by atoms with Crippen LogP contribution in [-0.4, -0.2) is 144 Å². The number of hydrogen-bond acceptors (Lipinski definition) is 16. The lowest BCUT2D eigenvalue weighted by Crippen LogP contribution is -2.60. The summed E-state index contributed by atoms with van der Waals surface area (Å²) in [5.41, 5.74) is 1.37. The van der Waals surface area contributed by atoms with Crippen molar-refractivity contribution < 1.29 is 78.7 Å². The second-order valence-corrected chi connectivity index (χ2v) is 10.8. The summed E-state index contributed by atoms with van der Waals surface area (Å²) in [6.45, 7) is -1.25. The molecule has 16 heteroatoms. The number of ether oxygens (including phenoxy) is 8. The Labute approximate surface area is 264 Å². The van der Waals surface area contributed by atoms with Gasteiger partial charge in [-0.25, -0.2) is 0 Å². The maximum Gasteiger partial charge on any atom is 0.229 e. The fourth-order valence-electron chi connectivity index (χ4n) is 5.30. The number of aryl methyl sites for hydroxylation is 2. The van der Waals surface area contributed by atoms with Crippen molar-refractivity contribution in [2.24, 2.45) is 0 Å². The van der Waals surface area contributed by atoms with Gasteiger partial charge in [0.25, 0.3) is 0 Å². The predicted molar refractivity (Wildman–Crippen MR) is 155 cm³/mol. The number of aliphatic hydroxyl groups is 8. The number of aliphatic hydroxyl groups excluding tert-OH is 8. The topological polar surface area (TPSA) is 236 Å². The van der Waals surface area contributed by atoms with E-state index in [2.05, 4.69) is 0 Å². The van der Waals surface area contributed by atoms with Crippen molar-refractivity contribution in [1.82, 2.24) is 0 Å². The van der Waals surface area contributed by atoms with Crippen molar-refractivity contribution in [3.05, 3.63) is 35.4 Å². The number of rotatable bonds is 13. The first-order valence-corrected chi connectivity index (χ1v) is 14.5. The van der Waals surface area contributed by atoms with E-state index < -0.39 is 74.6 Å². The Morgan fingerprint density at radius 3 is 1.15 bits per heavy atom. The maximum absolute atomic E-state index is 10.5. The summed E-state index contributed by atoms with van der Waals surface area (Å²) in [5.74, 6) is 1.12. The van der Waals surface area contributed by atoms with Crippen LogP contribution in [0.25, 0.3) is 0 Å². The van der Waals surface area contributed by atoms with E-state index in [1.807, 2.05) is 0 Å². The summed E-state index contributed by atoms with van der Waals surface area (Å²) in [5, 5.41) is 80.7. The summed E-state index contributed by atoms with van der Waals surface area (Å²) in [6.07, 6.45) is -14.2. The summed E-state index contributed by atoms with van der Waals surface area (Å²) >= 11 is 0. The molecule has 8 N–H and O–H groups in total. The van der Waals surface area contributed by atoms with Gasteiger partial charge in [0, 0.05) is 0 Å². The minimum absolute atomic E-state index is 0.0973. The van der Waals surface area contributed by atoms with E-state index in [4.69, 9.17) is 37.9 Å². The van der Waals surface area contributed by atoms with Crippen LogP contribution in [0.3, 0.4) is 0 Å². The fraction of sp³-hybridized carbons (Fsp3) is 0.600. The molecule has 10 atom stereocenters. The van der Waals surface area contributed by atoms with E-state index >= 15 is 0 Å². The molecular weight excluding hydrogens is 616 g/mol. The second-order valence-electron chi connectivity index (χ2n) is 10.8. The van der Waals surface area contributed by atoms with Crippen LogP contribution in [0.4, 0.5) is 0 Å². The van der Waals surface area contributed by atoms with Gasteiger partial charge < -0.3 is 78.7 Å². The molecule has 2 heterocycles. The molecule has 0 aromatic heterocycles. The molecular formula is C30H42O16. The third-order valence-corrected chi connectivity index (χ3v) is 7.89. The highest BCUT2D eigenvalue weighted by Crippen LogP contribution is 2.42. The lowest BCUT2D eigenvalue weighted by atomic mass is 9.99. The molecule has 4 rings (SSSR count). The quantitative estimate of drug-likeness (QED) is 0.115. The van der Waals surface area contributed by atoms with Crippen molar-refractivity contribution in [2.75, 3.05) is 41.7 Å². The predicted octanol–water partition coefficient (Wildman–Crippen LogP) is -2.14. The van der Waals surface area contributed by atoms with Gasteiger partial charge >= 0.3 is 0 Å². The zero-order chi connectivity index (χ0) is 33.7. The van der Waals surface area contributed by atoms with E-state index in [0.717, 1.165) is 0 Å². The minimum Gasteiger partial charge on any atom is -0.493 e. The number of benzene rings is 2. The molecule has 0 spiro atoms. The second kappa shape index (κ2) is 15.6. The average molecular weight is 659 g/mol. The van der Waals surface area contributed by atoms with Crippen LogP contribution in [0.5, 0.6) is 34.5 Å². The van der Waals surface area contributed by atoms with Crippen molar-refractivity contribution >= 4 is 0 Å². The van der Waals surface area contributed by atoms with Crippen LogP contribution in [0.1, 0.15) is 11.1 Å². The molecule has 16 nitrogen and oxygen atoms in total. The highest BCUT2D eigenvalue weighted by atomic mass is 16.7. The third-order valence-electron chi connectivity index (χ3n) is 7.89. The molecule has 0 amide bonds. The Morgan fingerprint density at radius 1 is 0.500 bits per heavy atom. The van der Waals surface area contributed by atoms with Gasteiger partial charge in [0.2, 0.25) is 24.1 Å². The molecule has 258 valence electrons. The Bertz CT molecular complexity index is 1190. The van der Waals surface area contributed by atoms with E-state index in [0.29, 0.717) is 35.5 Å². The van der Waals surface area contributed by atoms with Crippen LogP contribution in [0.15, 0.2) is 24.3 Å². The molecule has 2 aliphatic rings. The number of methoxy groups -OCH3 is 4. The Morgan fingerprint density at radius 2 is 0.848 bits per heavy atom. The summed E-state index contributed by atoms with van der Waals surface area (Å²) in [7, 11) is 5.63. The lowest BCUT2D eigenvalue weighted by Gasteiger charge is -2.39. The van der Waals surface area contributed by atoms with Gasteiger partial charge in [0.1, 0.15) is 48.8 Å². The molecule has 2 aliphatic heterocycles. The van der Waals surface area contributed by atoms with Crippen LogP contribution in [-0.2, 0) is 22.3 Å². The minimum atomic E-state index is -1.65. The van der Waals surface area contributed by atoms with E-state index in [1.165, 1.54) is 28.4 Å². The van der Waals surface area contributed by atoms with E-state index in [-0.39, 0.29) is 23.0 Å². The summed E-state index contributed by atoms with van der Waals surface area (Å²) in [4.78, 5) is 0. The van der Waals surface area contributed by atoms with Gasteiger partial charge in [-0.2, -0.15) is 0 Å². The summed E-state index contributed by atoms with van der Waals surface area (Å²) in [6, 6.07) is 6.67. The van der Waals surface area contributed by atoms with Gasteiger partial charge in [-0.3, -0.25) is 0 Å². The zero-order valence-corrected chi connectivity index (χ0v) is 25.8. The van der Waals surface area contributed by atoms with Gasteiger partial charge in [-0.1, -0.05) is 0 Å². The zero-order valence-electron chi connectivity index (χ0n) is 25.8. The summed E-state index contributed by atoms with van der Waals surface area (Å²) < 4.78 is 44.7. The van der Waals surface area contributed by atoms with Crippen molar-refractivity contribution in [1.29, 1.82) is 0 Å². The Balaban J connectivity index is 1.59. The Kier molecular flexibility index (Phi) is 12.1. The molecule has 0 saturated carbocycles. The molecule has 0 radical (unpaired) electrons. The van der Waals surface area contributed by atoms with Gasteiger partial charge in [-0.15, -0.1) is 0 Å². The molecule has 0 unspecified atom stereocenters. The van der Waals surface area contributed by atoms with Crippen LogP contribution >= 0.6 is 0 Å². The first-order chi connectivity index (χ1) is 22.0. The fourth-order valence-corrected chi connectivity index (χ4v) is 5.30. The van der Waals surface area contributed by atoms with Crippen LogP contribution in [0.2, 0.25) is 0 Å². The number of hydrogen-bond donors (Lipinski definition) is 8. The standard InChI is InChI=1S/C30H42O16/c1-39-15-7-13(9-17(27(15)41-3)43-29-25(37)23(35)21(33)19(11-31)45-29)5-6-14-8-16(40-2)28(42-4)18(10-14)44-30-26(38)24(36)22(34)20(12-32)46-30/h7-10,19-26,29-38H,5-6,11-12H2,1-4H3/t19-,20-,21-,22-,23+,24+,25-,26-,29-,30-/m1/s1. The first-order valence-electron chi connectivity index (χ1n) is 14.5. The molecule has 46 heavy (non-hydrogen) atoms. The van der Waals surface area contributed by atoms with Crippen molar-refractivity contribution in [3.63, 3.8) is 0 Å². The van der Waals surface area contributed by atoms with Crippen LogP contribution in [0, 0.1) is 0 Å². The monoisotopic (exact) mass is 658 g/mol. The highest BCUT2D eigenvalue weighted by Gasteiger charge is 2.46. The third kappa shape index (κ3) is 7.36. The van der Waals surface area contributed by atoms with Crippen LogP contribution < -0.4 is 28.4 Å². The molecule has 2 aromatic rings. The van der Waals surface area contributed by atoms with E-state index in [1.54, 1.807) is 24.3 Å². The SMILES string of the molecule is COc1cc(CCc2cc(OC)c(OC)c(O[C@@H]3O[C@H](CO)[C@@H](O)[C@H](O)[C@H]3O)c2)cc(O[C@@H]2O[C@H](CO)[C@@H](O)[C@H](O)[C@H]2O)c1OC. The molecule has 0 bridgehead atoms. The Hall–Kier alpha value is -3.16. The first kappa shape index (κ1) is 35.7. The van der Waals surface area contributed by atoms with Gasteiger partial charge in [0.15, 0.2) is 23.0 Å². The molecule has 0 aliphatic carbocycles. The average Bonchev–Trinajstić information content (AvgIpc) is 3.07. The molecule has 2 saturated heterocycles. The van der Waals surface area contributed by atoms with Crippen molar-refractivity contribution in [2.45, 2.75) is 74.3 Å². The van der Waals surface area contributed by atoms with Gasteiger partial charge in [-0.05, 0) is 48.2 Å². The normalized spacial score (nSPS) is 31.2. The lowest BCUT2D eigenvalue weighted by molar-refractivity contribution is -0.277. The maximum atomic E-state index is 10.5. The van der Waals surface area contributed by atoms with Crippen molar-refractivity contribution in [3.8, 4) is 34.5 Å². The smallest absolute Gasteiger partial charge is 0.229 e. The van der Waals surface area contributed by atoms with E-state index in [9.17, 15) is 40.9 Å². The van der Waals surface area contributed by atoms with Gasteiger partial charge in [0.05, 0.1) is 41.7 Å². The largest absolute Gasteiger partial charge is 0.493 e.